The first-order valence-electron chi connectivity index (χ1n) is 12.5. The van der Waals surface area contributed by atoms with E-state index in [1.54, 1.807) is 30.3 Å². The zero-order chi connectivity index (χ0) is 31.1. The summed E-state index contributed by atoms with van der Waals surface area (Å²) in [5.74, 6) is 3.51. The van der Waals surface area contributed by atoms with Gasteiger partial charge in [0.2, 0.25) is 4.77 Å². The van der Waals surface area contributed by atoms with Crippen LogP contribution in [0, 0.1) is 4.77 Å². The fourth-order valence-electron chi connectivity index (χ4n) is 4.09. The molecule has 3 rings (SSSR count). The van der Waals surface area contributed by atoms with Crippen molar-refractivity contribution in [3.05, 3.63) is 50.6 Å². The standard InChI is InChI=1S/C26H30N4O11S/c1-13(31)37-12-20-21(38-14(2)32)22(39-15(3)33)23(40-16(4)34)25(41-20)30-26(42)29(27)24(35)19(28-30)11-8-17-6-9-18(36-5)10-7-17/h6-11,20-23,25H,12,27H2,1-5H3/b11-8-/t20-,21+,22+,23-,25-/m1/s1. The van der Waals surface area contributed by atoms with Crippen molar-refractivity contribution in [2.45, 2.75) is 58.3 Å². The van der Waals surface area contributed by atoms with E-state index in [1.165, 1.54) is 13.2 Å². The molecule has 1 fully saturated rings. The van der Waals surface area contributed by atoms with Crippen LogP contribution in [0.15, 0.2) is 29.1 Å². The molecule has 0 bridgehead atoms. The first-order chi connectivity index (χ1) is 19.8. The monoisotopic (exact) mass is 606 g/mol. The lowest BCUT2D eigenvalue weighted by molar-refractivity contribution is -0.271. The summed E-state index contributed by atoms with van der Waals surface area (Å²) in [6, 6.07) is 6.92. The highest BCUT2D eigenvalue weighted by Gasteiger charge is 2.53. The molecule has 16 heteroatoms. The molecule has 0 spiro atoms. The van der Waals surface area contributed by atoms with E-state index >= 15 is 0 Å². The summed E-state index contributed by atoms with van der Waals surface area (Å²) in [6.07, 6.45) is -4.18. The Morgan fingerprint density at radius 2 is 1.50 bits per heavy atom. The largest absolute Gasteiger partial charge is 0.497 e. The third kappa shape index (κ3) is 7.79. The quantitative estimate of drug-likeness (QED) is 0.183. The predicted molar refractivity (Wildman–Crippen MR) is 147 cm³/mol. The summed E-state index contributed by atoms with van der Waals surface area (Å²) < 4.78 is 33.8. The minimum atomic E-state index is -1.51. The van der Waals surface area contributed by atoms with E-state index in [-0.39, 0.29) is 10.5 Å². The fourth-order valence-corrected chi connectivity index (χ4v) is 4.31. The molecule has 2 N–H and O–H groups in total. The van der Waals surface area contributed by atoms with Gasteiger partial charge in [-0.2, -0.15) is 9.77 Å². The summed E-state index contributed by atoms with van der Waals surface area (Å²) in [7, 11) is 1.53. The number of ether oxygens (including phenoxy) is 6. The minimum absolute atomic E-state index is 0.185. The Morgan fingerprint density at radius 1 is 0.929 bits per heavy atom. The molecule has 0 saturated carbocycles. The van der Waals surface area contributed by atoms with Crippen LogP contribution in [0.25, 0.3) is 12.2 Å². The van der Waals surface area contributed by atoms with Gasteiger partial charge in [0.1, 0.15) is 18.5 Å². The van der Waals surface area contributed by atoms with Crippen molar-refractivity contribution in [3.8, 4) is 5.75 Å². The topological polar surface area (TPSA) is 190 Å². The van der Waals surface area contributed by atoms with Gasteiger partial charge in [-0.05, 0) is 36.0 Å². The van der Waals surface area contributed by atoms with Gasteiger partial charge in [-0.1, -0.05) is 18.2 Å². The Bertz CT molecular complexity index is 1480. The van der Waals surface area contributed by atoms with Gasteiger partial charge in [0, 0.05) is 27.7 Å². The molecule has 0 aliphatic carbocycles. The number of hydrogen-bond donors (Lipinski definition) is 1. The number of nitrogen functional groups attached to an aromatic ring is 1. The van der Waals surface area contributed by atoms with E-state index in [0.29, 0.717) is 16.0 Å². The highest BCUT2D eigenvalue weighted by atomic mass is 32.1. The van der Waals surface area contributed by atoms with Gasteiger partial charge in [-0.25, -0.2) is 4.68 Å². The molecule has 0 radical (unpaired) electrons. The van der Waals surface area contributed by atoms with Gasteiger partial charge in [-0.3, -0.25) is 24.0 Å². The molecule has 42 heavy (non-hydrogen) atoms. The Kier molecular flexibility index (Phi) is 10.5. The Morgan fingerprint density at radius 3 is 2.05 bits per heavy atom. The molecular formula is C26H30N4O11S. The smallest absolute Gasteiger partial charge is 0.303 e. The summed E-state index contributed by atoms with van der Waals surface area (Å²) in [5.41, 5.74) is -0.247. The van der Waals surface area contributed by atoms with Gasteiger partial charge in [0.25, 0.3) is 5.56 Å². The maximum atomic E-state index is 12.9. The van der Waals surface area contributed by atoms with Crippen molar-refractivity contribution >= 4 is 48.2 Å². The molecule has 0 unspecified atom stereocenters. The van der Waals surface area contributed by atoms with Gasteiger partial charge < -0.3 is 34.3 Å². The lowest BCUT2D eigenvalue weighted by Crippen LogP contribution is -2.61. The van der Waals surface area contributed by atoms with Crippen LogP contribution < -0.4 is 16.1 Å². The predicted octanol–water partition coefficient (Wildman–Crippen LogP) is 0.923. The minimum Gasteiger partial charge on any atom is -0.497 e. The van der Waals surface area contributed by atoms with Crippen molar-refractivity contribution < 1.29 is 47.6 Å². The van der Waals surface area contributed by atoms with Crippen molar-refractivity contribution in [2.75, 3.05) is 19.6 Å². The lowest BCUT2D eigenvalue weighted by atomic mass is 9.97. The van der Waals surface area contributed by atoms with Gasteiger partial charge in [0.15, 0.2) is 30.2 Å². The third-order valence-electron chi connectivity index (χ3n) is 5.81. The normalized spacial score (nSPS) is 21.8. The van der Waals surface area contributed by atoms with Crippen LogP contribution in [0.5, 0.6) is 5.75 Å². The maximum absolute atomic E-state index is 12.9. The maximum Gasteiger partial charge on any atom is 0.303 e. The second-order valence-electron chi connectivity index (χ2n) is 8.98. The second-order valence-corrected chi connectivity index (χ2v) is 9.35. The van der Waals surface area contributed by atoms with Crippen LogP contribution in [-0.2, 0) is 42.9 Å². The van der Waals surface area contributed by atoms with Crippen LogP contribution in [0.1, 0.15) is 45.2 Å². The average molecular weight is 607 g/mol. The number of methoxy groups -OCH3 is 1. The first kappa shape index (κ1) is 32.0. The zero-order valence-corrected chi connectivity index (χ0v) is 24.2. The molecule has 1 aliphatic heterocycles. The van der Waals surface area contributed by atoms with E-state index in [0.717, 1.165) is 32.4 Å². The van der Waals surface area contributed by atoms with Crippen molar-refractivity contribution in [1.82, 2.24) is 14.5 Å². The molecule has 1 aliphatic rings. The Balaban J connectivity index is 2.17. The zero-order valence-electron chi connectivity index (χ0n) is 23.4. The molecule has 15 nitrogen and oxygen atoms in total. The van der Waals surface area contributed by atoms with Crippen LogP contribution in [0.3, 0.4) is 0 Å². The highest BCUT2D eigenvalue weighted by Crippen LogP contribution is 2.34. The van der Waals surface area contributed by atoms with Crippen LogP contribution in [0.4, 0.5) is 0 Å². The number of nitrogens with two attached hydrogens (primary N) is 1. The van der Waals surface area contributed by atoms with Crippen molar-refractivity contribution in [2.24, 2.45) is 0 Å². The van der Waals surface area contributed by atoms with Crippen molar-refractivity contribution in [1.29, 1.82) is 0 Å². The van der Waals surface area contributed by atoms with E-state index < -0.39 is 66.7 Å². The summed E-state index contributed by atoms with van der Waals surface area (Å²) in [4.78, 5) is 60.8. The molecule has 2 aromatic rings. The van der Waals surface area contributed by atoms with Gasteiger partial charge >= 0.3 is 23.9 Å². The molecule has 0 amide bonds. The molecule has 2 heterocycles. The molecule has 1 aromatic heterocycles. The number of carbonyl (C=O) groups excluding carboxylic acids is 4. The number of rotatable bonds is 9. The van der Waals surface area contributed by atoms with Crippen LogP contribution in [0.2, 0.25) is 0 Å². The third-order valence-corrected chi connectivity index (χ3v) is 6.20. The van der Waals surface area contributed by atoms with E-state index in [1.807, 2.05) is 0 Å². The SMILES string of the molecule is COc1ccc(/C=C\c2nn([C@@H]3O[C@H](COC(C)=O)[C@H](OC(C)=O)[C@H](OC(C)=O)[C@H]3OC(C)=O)c(=S)n(N)c2=O)cc1. The summed E-state index contributed by atoms with van der Waals surface area (Å²) >= 11 is 5.37. The number of benzene rings is 1. The van der Waals surface area contributed by atoms with Gasteiger partial charge in [0.05, 0.1) is 7.11 Å². The average Bonchev–Trinajstić information content (AvgIpc) is 2.92. The molecule has 226 valence electrons. The number of esters is 4. The lowest BCUT2D eigenvalue weighted by Gasteiger charge is -2.44. The second kappa shape index (κ2) is 13.9. The Labute approximate surface area is 244 Å². The van der Waals surface area contributed by atoms with Crippen LogP contribution >= 0.6 is 12.2 Å². The summed E-state index contributed by atoms with van der Waals surface area (Å²) in [5, 5.41) is 4.31. The van der Waals surface area contributed by atoms with Gasteiger partial charge in [-0.15, -0.1) is 0 Å². The van der Waals surface area contributed by atoms with Crippen molar-refractivity contribution in [3.63, 3.8) is 0 Å². The molecule has 1 saturated heterocycles. The highest BCUT2D eigenvalue weighted by molar-refractivity contribution is 7.71. The van der Waals surface area contributed by atoms with E-state index in [2.05, 4.69) is 5.10 Å². The van der Waals surface area contributed by atoms with Crippen LogP contribution in [-0.4, -0.2) is 76.5 Å². The number of hydrogen-bond acceptors (Lipinski definition) is 14. The molecule has 1 aromatic carbocycles. The number of carbonyl (C=O) groups is 4. The molecular weight excluding hydrogens is 576 g/mol. The molecule has 5 atom stereocenters. The first-order valence-corrected chi connectivity index (χ1v) is 12.9. The Hall–Kier alpha value is -4.57. The number of nitrogens with zero attached hydrogens (tertiary/aromatic N) is 3. The summed E-state index contributed by atoms with van der Waals surface area (Å²) in [6.45, 7) is 3.97. The van der Waals surface area contributed by atoms with E-state index in [4.69, 9.17) is 46.5 Å². The number of aromatic nitrogens is 3. The fraction of sp³-hybridized carbons (Fsp3) is 0.423. The van der Waals surface area contributed by atoms with E-state index in [9.17, 15) is 24.0 Å².